The van der Waals surface area contributed by atoms with Crippen LogP contribution in [0.2, 0.25) is 0 Å². The van der Waals surface area contributed by atoms with Crippen LogP contribution >= 0.6 is 0 Å². The van der Waals surface area contributed by atoms with Gasteiger partial charge in [-0.25, -0.2) is 0 Å². The summed E-state index contributed by atoms with van der Waals surface area (Å²) in [4.78, 5) is 25.9. The molecule has 2 unspecified atom stereocenters. The number of nitrogens with one attached hydrogen (secondary N) is 1. The Hall–Kier alpha value is -2.83. The summed E-state index contributed by atoms with van der Waals surface area (Å²) in [5, 5.41) is 16.2. The molecule has 0 radical (unpaired) electrons. The predicted molar refractivity (Wildman–Crippen MR) is 91.4 cm³/mol. The number of likely N-dealkylation sites (tertiary alicyclic amines) is 1. The second kappa shape index (κ2) is 6.96. The summed E-state index contributed by atoms with van der Waals surface area (Å²) >= 11 is 0. The lowest BCUT2D eigenvalue weighted by Gasteiger charge is -2.34. The van der Waals surface area contributed by atoms with Crippen molar-refractivity contribution in [2.24, 2.45) is 11.8 Å². The van der Waals surface area contributed by atoms with E-state index in [0.29, 0.717) is 24.2 Å². The van der Waals surface area contributed by atoms with Crippen LogP contribution in [0.15, 0.2) is 30.5 Å². The highest BCUT2D eigenvalue weighted by atomic mass is 16.5. The normalized spacial score (nSPS) is 20.3. The van der Waals surface area contributed by atoms with Crippen molar-refractivity contribution < 1.29 is 19.4 Å². The third-order valence-corrected chi connectivity index (χ3v) is 4.54. The highest BCUT2D eigenvalue weighted by Crippen LogP contribution is 2.27. The summed E-state index contributed by atoms with van der Waals surface area (Å²) in [6.07, 6.45) is 2.09. The van der Waals surface area contributed by atoms with Crippen LogP contribution in [-0.2, 0) is 4.79 Å². The maximum atomic E-state index is 12.9. The van der Waals surface area contributed by atoms with Crippen LogP contribution in [0.3, 0.4) is 0 Å². The number of H-pyrrole nitrogens is 1. The summed E-state index contributed by atoms with van der Waals surface area (Å²) in [5.41, 5.74) is 1.89. The third-order valence-electron chi connectivity index (χ3n) is 4.54. The summed E-state index contributed by atoms with van der Waals surface area (Å²) in [7, 11) is 1.59. The van der Waals surface area contributed by atoms with E-state index in [1.807, 2.05) is 31.2 Å². The summed E-state index contributed by atoms with van der Waals surface area (Å²) in [5.74, 6) is -0.700. The molecule has 3 rings (SSSR count). The fourth-order valence-electron chi connectivity index (χ4n) is 3.29. The van der Waals surface area contributed by atoms with E-state index in [9.17, 15) is 14.7 Å². The first kappa shape index (κ1) is 17.0. The van der Waals surface area contributed by atoms with E-state index >= 15 is 0 Å². The Balaban J connectivity index is 1.85. The Morgan fingerprint density at radius 2 is 2.00 bits per heavy atom. The van der Waals surface area contributed by atoms with Crippen molar-refractivity contribution in [3.05, 3.63) is 36.0 Å². The Morgan fingerprint density at radius 1 is 1.28 bits per heavy atom. The number of aliphatic carboxylic acids is 1. The van der Waals surface area contributed by atoms with E-state index in [2.05, 4.69) is 10.2 Å². The first-order valence-electron chi connectivity index (χ1n) is 8.19. The predicted octanol–water partition coefficient (Wildman–Crippen LogP) is 2.27. The molecule has 0 spiro atoms. The molecule has 2 heterocycles. The van der Waals surface area contributed by atoms with Gasteiger partial charge < -0.3 is 14.7 Å². The average Bonchev–Trinajstić information content (AvgIpc) is 3.10. The maximum Gasteiger partial charge on any atom is 0.308 e. The summed E-state index contributed by atoms with van der Waals surface area (Å²) in [6, 6.07) is 7.33. The Labute approximate surface area is 145 Å². The number of carboxylic acids is 1. The lowest BCUT2D eigenvalue weighted by atomic mass is 9.90. The van der Waals surface area contributed by atoms with Gasteiger partial charge in [-0.2, -0.15) is 5.10 Å². The van der Waals surface area contributed by atoms with Crippen LogP contribution < -0.4 is 4.74 Å². The van der Waals surface area contributed by atoms with Crippen molar-refractivity contribution in [1.82, 2.24) is 15.1 Å². The molecule has 1 saturated heterocycles. The van der Waals surface area contributed by atoms with Crippen molar-refractivity contribution in [3.8, 4) is 17.0 Å². The van der Waals surface area contributed by atoms with Crippen molar-refractivity contribution in [1.29, 1.82) is 0 Å². The quantitative estimate of drug-likeness (QED) is 0.888. The van der Waals surface area contributed by atoms with Gasteiger partial charge in [0, 0.05) is 18.7 Å². The van der Waals surface area contributed by atoms with E-state index in [1.165, 1.54) is 6.20 Å². The Morgan fingerprint density at radius 3 is 2.64 bits per heavy atom. The number of carboxylic acid groups (broad SMARTS) is 1. The Bertz CT molecular complexity index is 769. The number of aromatic amines is 1. The van der Waals surface area contributed by atoms with E-state index in [-0.39, 0.29) is 18.4 Å². The van der Waals surface area contributed by atoms with Gasteiger partial charge in [-0.1, -0.05) is 6.92 Å². The first-order valence-corrected chi connectivity index (χ1v) is 8.19. The number of aromatic nitrogens is 2. The molecular weight excluding hydrogens is 322 g/mol. The largest absolute Gasteiger partial charge is 0.497 e. The molecule has 132 valence electrons. The van der Waals surface area contributed by atoms with Crippen LogP contribution in [0, 0.1) is 11.8 Å². The van der Waals surface area contributed by atoms with Crippen LogP contribution in [0.25, 0.3) is 11.3 Å². The zero-order chi connectivity index (χ0) is 18.0. The fourth-order valence-corrected chi connectivity index (χ4v) is 3.29. The number of ether oxygens (including phenoxy) is 1. The highest BCUT2D eigenvalue weighted by molar-refractivity contribution is 6.00. The van der Waals surface area contributed by atoms with Gasteiger partial charge in [0.1, 0.15) is 5.75 Å². The average molecular weight is 343 g/mol. The molecule has 25 heavy (non-hydrogen) atoms. The molecule has 1 fully saturated rings. The molecule has 1 aromatic heterocycles. The van der Waals surface area contributed by atoms with Crippen LogP contribution in [0.1, 0.15) is 23.7 Å². The summed E-state index contributed by atoms with van der Waals surface area (Å²) < 4.78 is 5.15. The zero-order valence-electron chi connectivity index (χ0n) is 14.2. The number of methoxy groups -OCH3 is 1. The van der Waals surface area contributed by atoms with E-state index < -0.39 is 11.9 Å². The van der Waals surface area contributed by atoms with Crippen LogP contribution in [0.4, 0.5) is 0 Å². The number of piperidine rings is 1. The van der Waals surface area contributed by atoms with Gasteiger partial charge in [-0.15, -0.1) is 0 Å². The van der Waals surface area contributed by atoms with Gasteiger partial charge in [0.15, 0.2) is 0 Å². The number of carbonyl (C=O) groups excluding carboxylic acids is 1. The molecule has 0 aliphatic carbocycles. The van der Waals surface area contributed by atoms with Gasteiger partial charge in [-0.3, -0.25) is 14.7 Å². The van der Waals surface area contributed by atoms with Gasteiger partial charge >= 0.3 is 5.97 Å². The number of benzene rings is 1. The Kier molecular flexibility index (Phi) is 4.74. The van der Waals surface area contributed by atoms with E-state index in [4.69, 9.17) is 4.74 Å². The van der Waals surface area contributed by atoms with Gasteiger partial charge in [0.2, 0.25) is 0 Å². The number of hydrogen-bond acceptors (Lipinski definition) is 4. The molecule has 0 saturated carbocycles. The third kappa shape index (κ3) is 3.50. The molecular formula is C18H21N3O4. The molecule has 7 heteroatoms. The maximum absolute atomic E-state index is 12.9. The fraction of sp³-hybridized carbons (Fsp3) is 0.389. The van der Waals surface area contributed by atoms with Crippen molar-refractivity contribution in [2.45, 2.75) is 13.3 Å². The zero-order valence-corrected chi connectivity index (χ0v) is 14.2. The molecule has 2 N–H and O–H groups in total. The number of amides is 1. The number of rotatable bonds is 4. The number of hydrogen-bond donors (Lipinski definition) is 2. The molecule has 0 bridgehead atoms. The smallest absolute Gasteiger partial charge is 0.308 e. The second-order valence-corrected chi connectivity index (χ2v) is 6.47. The monoisotopic (exact) mass is 343 g/mol. The molecule has 7 nitrogen and oxygen atoms in total. The molecule has 1 amide bonds. The molecule has 1 aliphatic rings. The number of nitrogens with zero attached hydrogens (tertiary/aromatic N) is 2. The first-order chi connectivity index (χ1) is 12.0. The lowest BCUT2D eigenvalue weighted by molar-refractivity contribution is -0.143. The van der Waals surface area contributed by atoms with Crippen molar-refractivity contribution in [2.75, 3.05) is 20.2 Å². The van der Waals surface area contributed by atoms with Crippen LogP contribution in [-0.4, -0.2) is 52.3 Å². The van der Waals surface area contributed by atoms with Gasteiger partial charge in [0.25, 0.3) is 5.91 Å². The van der Waals surface area contributed by atoms with Gasteiger partial charge in [0.05, 0.1) is 30.5 Å². The van der Waals surface area contributed by atoms with Crippen molar-refractivity contribution in [3.63, 3.8) is 0 Å². The standard InChI is InChI=1S/C18H21N3O4/c1-11-7-13(18(23)24)10-21(9-11)17(22)15-8-19-20-16(15)12-3-5-14(25-2)6-4-12/h3-6,8,11,13H,7,9-10H2,1-2H3,(H,19,20)(H,23,24). The minimum Gasteiger partial charge on any atom is -0.497 e. The molecule has 1 aromatic carbocycles. The minimum atomic E-state index is -0.855. The van der Waals surface area contributed by atoms with Gasteiger partial charge in [-0.05, 0) is 36.6 Å². The molecule has 2 atom stereocenters. The molecule has 2 aromatic rings. The summed E-state index contributed by atoms with van der Waals surface area (Å²) in [6.45, 7) is 2.75. The minimum absolute atomic E-state index is 0.148. The lowest BCUT2D eigenvalue weighted by Crippen LogP contribution is -2.45. The topological polar surface area (TPSA) is 95.5 Å². The molecule has 1 aliphatic heterocycles. The van der Waals surface area contributed by atoms with E-state index in [1.54, 1.807) is 12.0 Å². The van der Waals surface area contributed by atoms with Crippen LogP contribution in [0.5, 0.6) is 5.75 Å². The SMILES string of the molecule is COc1ccc(-c2[nH]ncc2C(=O)N2CC(C)CC(C(=O)O)C2)cc1. The second-order valence-electron chi connectivity index (χ2n) is 6.47. The highest BCUT2D eigenvalue weighted by Gasteiger charge is 2.33. The van der Waals surface area contributed by atoms with E-state index in [0.717, 1.165) is 11.3 Å². The van der Waals surface area contributed by atoms with Crippen molar-refractivity contribution >= 4 is 11.9 Å². The number of carbonyl (C=O) groups is 2.